The van der Waals surface area contributed by atoms with Crippen LogP contribution in [0.1, 0.15) is 5.56 Å². The SMILES string of the molecule is FCCNCCc1ccccc1. The molecule has 2 heteroatoms. The summed E-state index contributed by atoms with van der Waals surface area (Å²) in [6, 6.07) is 10.2. The molecule has 1 rings (SSSR count). The third-order valence-corrected chi connectivity index (χ3v) is 1.70. The van der Waals surface area contributed by atoms with Crippen molar-refractivity contribution in [2.75, 3.05) is 19.8 Å². The lowest BCUT2D eigenvalue weighted by molar-refractivity contribution is 0.468. The van der Waals surface area contributed by atoms with Gasteiger partial charge in [0.1, 0.15) is 6.67 Å². The average Bonchev–Trinajstić information content (AvgIpc) is 2.14. The van der Waals surface area contributed by atoms with Crippen molar-refractivity contribution in [3.8, 4) is 0 Å². The first kappa shape index (κ1) is 9.20. The maximum atomic E-state index is 11.7. The van der Waals surface area contributed by atoms with Crippen LogP contribution in [0.5, 0.6) is 0 Å². The van der Waals surface area contributed by atoms with Crippen LogP contribution in [0, 0.1) is 0 Å². The molecule has 0 amide bonds. The highest BCUT2D eigenvalue weighted by Gasteiger charge is 1.89. The fourth-order valence-electron chi connectivity index (χ4n) is 1.07. The zero-order valence-electron chi connectivity index (χ0n) is 7.09. The summed E-state index contributed by atoms with van der Waals surface area (Å²) in [5.74, 6) is 0. The Bertz CT molecular complexity index is 198. The van der Waals surface area contributed by atoms with Crippen LogP contribution in [-0.4, -0.2) is 19.8 Å². The number of hydrogen-bond donors (Lipinski definition) is 1. The molecule has 0 heterocycles. The van der Waals surface area contributed by atoms with Crippen molar-refractivity contribution in [3.05, 3.63) is 35.9 Å². The molecule has 0 atom stereocenters. The number of benzene rings is 1. The molecular weight excluding hydrogens is 153 g/mol. The van der Waals surface area contributed by atoms with E-state index in [0.717, 1.165) is 13.0 Å². The van der Waals surface area contributed by atoms with Gasteiger partial charge in [0.05, 0.1) is 0 Å². The van der Waals surface area contributed by atoms with Crippen LogP contribution in [0.25, 0.3) is 0 Å². The quantitative estimate of drug-likeness (QED) is 0.659. The molecule has 0 unspecified atom stereocenters. The maximum Gasteiger partial charge on any atom is 0.102 e. The van der Waals surface area contributed by atoms with Crippen LogP contribution in [-0.2, 0) is 6.42 Å². The highest BCUT2D eigenvalue weighted by atomic mass is 19.1. The zero-order valence-corrected chi connectivity index (χ0v) is 7.09. The predicted molar refractivity (Wildman–Crippen MR) is 49.0 cm³/mol. The van der Waals surface area contributed by atoms with Gasteiger partial charge in [-0.05, 0) is 18.5 Å². The summed E-state index contributed by atoms with van der Waals surface area (Å²) in [5, 5.41) is 3.01. The average molecular weight is 167 g/mol. The van der Waals surface area contributed by atoms with Gasteiger partial charge in [-0.2, -0.15) is 0 Å². The summed E-state index contributed by atoms with van der Waals surface area (Å²) in [5.41, 5.74) is 1.30. The Labute approximate surface area is 72.6 Å². The molecule has 1 nitrogen and oxygen atoms in total. The molecule has 0 aliphatic carbocycles. The second kappa shape index (κ2) is 5.72. The van der Waals surface area contributed by atoms with Crippen LogP contribution in [0.4, 0.5) is 4.39 Å². The van der Waals surface area contributed by atoms with E-state index in [2.05, 4.69) is 17.4 Å². The minimum Gasteiger partial charge on any atom is -0.314 e. The van der Waals surface area contributed by atoms with Gasteiger partial charge in [0.15, 0.2) is 0 Å². The molecule has 1 aromatic rings. The Balaban J connectivity index is 2.16. The molecule has 0 saturated heterocycles. The van der Waals surface area contributed by atoms with Crippen molar-refractivity contribution in [2.24, 2.45) is 0 Å². The minimum absolute atomic E-state index is 0.283. The summed E-state index contributed by atoms with van der Waals surface area (Å²) in [7, 11) is 0. The predicted octanol–water partition coefficient (Wildman–Crippen LogP) is 1.79. The molecule has 0 radical (unpaired) electrons. The normalized spacial score (nSPS) is 10.1. The van der Waals surface area contributed by atoms with Gasteiger partial charge in [0.2, 0.25) is 0 Å². The van der Waals surface area contributed by atoms with Crippen molar-refractivity contribution in [3.63, 3.8) is 0 Å². The minimum atomic E-state index is -0.283. The topological polar surface area (TPSA) is 12.0 Å². The Morgan fingerprint density at radius 2 is 1.83 bits per heavy atom. The molecule has 66 valence electrons. The number of nitrogens with one attached hydrogen (secondary N) is 1. The molecule has 12 heavy (non-hydrogen) atoms. The molecular formula is C10H14FN. The van der Waals surface area contributed by atoms with Crippen LogP contribution in [0.2, 0.25) is 0 Å². The van der Waals surface area contributed by atoms with Crippen LogP contribution < -0.4 is 5.32 Å². The summed E-state index contributed by atoms with van der Waals surface area (Å²) in [6.07, 6.45) is 0.973. The second-order valence-electron chi connectivity index (χ2n) is 2.67. The highest BCUT2D eigenvalue weighted by molar-refractivity contribution is 5.14. The van der Waals surface area contributed by atoms with Crippen molar-refractivity contribution in [2.45, 2.75) is 6.42 Å². The first-order valence-electron chi connectivity index (χ1n) is 4.24. The van der Waals surface area contributed by atoms with Gasteiger partial charge in [-0.15, -0.1) is 0 Å². The van der Waals surface area contributed by atoms with E-state index in [1.165, 1.54) is 5.56 Å². The van der Waals surface area contributed by atoms with E-state index in [0.29, 0.717) is 6.54 Å². The number of hydrogen-bond acceptors (Lipinski definition) is 1. The van der Waals surface area contributed by atoms with E-state index in [-0.39, 0.29) is 6.67 Å². The standard InChI is InChI=1S/C10H14FN/c11-7-9-12-8-6-10-4-2-1-3-5-10/h1-5,12H,6-9H2. The van der Waals surface area contributed by atoms with Gasteiger partial charge in [0, 0.05) is 6.54 Å². The Kier molecular flexibility index (Phi) is 4.39. The third-order valence-electron chi connectivity index (χ3n) is 1.70. The monoisotopic (exact) mass is 167 g/mol. The summed E-state index contributed by atoms with van der Waals surface area (Å²) >= 11 is 0. The second-order valence-corrected chi connectivity index (χ2v) is 2.67. The summed E-state index contributed by atoms with van der Waals surface area (Å²) < 4.78 is 11.7. The number of halogens is 1. The van der Waals surface area contributed by atoms with E-state index in [1.807, 2.05) is 18.2 Å². The van der Waals surface area contributed by atoms with Crippen molar-refractivity contribution >= 4 is 0 Å². The van der Waals surface area contributed by atoms with Crippen molar-refractivity contribution < 1.29 is 4.39 Å². The lowest BCUT2D eigenvalue weighted by Crippen LogP contribution is -2.19. The number of alkyl halides is 1. The van der Waals surface area contributed by atoms with Gasteiger partial charge in [-0.25, -0.2) is 4.39 Å². The Hall–Kier alpha value is -0.890. The molecule has 0 aliphatic rings. The lowest BCUT2D eigenvalue weighted by Gasteiger charge is -2.01. The zero-order chi connectivity index (χ0) is 8.65. The van der Waals surface area contributed by atoms with E-state index in [9.17, 15) is 4.39 Å². The summed E-state index contributed by atoms with van der Waals surface area (Å²) in [6.45, 7) is 1.04. The maximum absolute atomic E-state index is 11.7. The van der Waals surface area contributed by atoms with E-state index in [4.69, 9.17) is 0 Å². The largest absolute Gasteiger partial charge is 0.314 e. The van der Waals surface area contributed by atoms with E-state index >= 15 is 0 Å². The smallest absolute Gasteiger partial charge is 0.102 e. The third kappa shape index (κ3) is 3.49. The van der Waals surface area contributed by atoms with E-state index < -0.39 is 0 Å². The lowest BCUT2D eigenvalue weighted by atomic mass is 10.1. The van der Waals surface area contributed by atoms with Crippen molar-refractivity contribution in [1.82, 2.24) is 5.32 Å². The fraction of sp³-hybridized carbons (Fsp3) is 0.400. The number of rotatable bonds is 5. The van der Waals surface area contributed by atoms with Crippen LogP contribution in [0.3, 0.4) is 0 Å². The van der Waals surface area contributed by atoms with Crippen LogP contribution in [0.15, 0.2) is 30.3 Å². The van der Waals surface area contributed by atoms with E-state index in [1.54, 1.807) is 0 Å². The Morgan fingerprint density at radius 1 is 1.08 bits per heavy atom. The van der Waals surface area contributed by atoms with Crippen molar-refractivity contribution in [1.29, 1.82) is 0 Å². The molecule has 0 spiro atoms. The molecule has 0 aromatic heterocycles. The van der Waals surface area contributed by atoms with Gasteiger partial charge >= 0.3 is 0 Å². The Morgan fingerprint density at radius 3 is 2.50 bits per heavy atom. The highest BCUT2D eigenvalue weighted by Crippen LogP contribution is 1.97. The van der Waals surface area contributed by atoms with Gasteiger partial charge in [0.25, 0.3) is 0 Å². The van der Waals surface area contributed by atoms with Gasteiger partial charge in [-0.3, -0.25) is 0 Å². The van der Waals surface area contributed by atoms with Gasteiger partial charge in [-0.1, -0.05) is 30.3 Å². The van der Waals surface area contributed by atoms with Crippen LogP contribution >= 0.6 is 0 Å². The molecule has 0 aliphatic heterocycles. The molecule has 0 saturated carbocycles. The summed E-state index contributed by atoms with van der Waals surface area (Å²) in [4.78, 5) is 0. The first-order valence-corrected chi connectivity index (χ1v) is 4.24. The molecule has 1 aromatic carbocycles. The molecule has 0 fully saturated rings. The fourth-order valence-corrected chi connectivity index (χ4v) is 1.07. The van der Waals surface area contributed by atoms with Gasteiger partial charge < -0.3 is 5.32 Å². The molecule has 1 N–H and O–H groups in total. The molecule has 0 bridgehead atoms. The first-order chi connectivity index (χ1) is 5.93.